The molecule has 5 heteroatoms. The van der Waals surface area contributed by atoms with Crippen molar-refractivity contribution < 1.29 is 4.74 Å². The molecule has 0 spiro atoms. The van der Waals surface area contributed by atoms with E-state index in [4.69, 9.17) is 10.00 Å². The van der Waals surface area contributed by atoms with Gasteiger partial charge < -0.3 is 9.30 Å². The van der Waals surface area contributed by atoms with Crippen molar-refractivity contribution in [1.29, 1.82) is 5.26 Å². The van der Waals surface area contributed by atoms with Gasteiger partial charge in [-0.3, -0.25) is 4.79 Å². The number of nitrogens with zero attached hydrogens (tertiary/aromatic N) is 2. The van der Waals surface area contributed by atoms with Crippen molar-refractivity contribution in [3.63, 3.8) is 0 Å². The first-order valence-corrected chi connectivity index (χ1v) is 6.37. The average molecular weight is 319 g/mol. The standard InChI is InChI=1S/C14H11BrN2O2/c1-19-13-5-4-10(7-12(13)15)9-17-6-2-3-11(8-16)14(17)18/h2-7H,9H2,1H3. The molecule has 0 radical (unpaired) electrons. The maximum atomic E-state index is 11.9. The molecule has 96 valence electrons. The molecule has 0 aliphatic rings. The lowest BCUT2D eigenvalue weighted by atomic mass is 10.2. The molecule has 0 aliphatic carbocycles. The zero-order chi connectivity index (χ0) is 13.8. The van der Waals surface area contributed by atoms with Crippen LogP contribution in [0, 0.1) is 11.3 Å². The Morgan fingerprint density at radius 1 is 1.42 bits per heavy atom. The zero-order valence-corrected chi connectivity index (χ0v) is 11.8. The van der Waals surface area contributed by atoms with E-state index in [9.17, 15) is 4.79 Å². The molecule has 0 N–H and O–H groups in total. The summed E-state index contributed by atoms with van der Waals surface area (Å²) in [5.41, 5.74) is 0.817. The minimum atomic E-state index is -0.281. The second kappa shape index (κ2) is 5.72. The first-order valence-electron chi connectivity index (χ1n) is 5.57. The Morgan fingerprint density at radius 2 is 2.21 bits per heavy atom. The molecule has 19 heavy (non-hydrogen) atoms. The number of hydrogen-bond donors (Lipinski definition) is 0. The molecule has 2 aromatic rings. The van der Waals surface area contributed by atoms with Crippen LogP contribution in [0.1, 0.15) is 11.1 Å². The minimum Gasteiger partial charge on any atom is -0.496 e. The lowest BCUT2D eigenvalue weighted by molar-refractivity contribution is 0.412. The van der Waals surface area contributed by atoms with Gasteiger partial charge in [0.15, 0.2) is 0 Å². The van der Waals surface area contributed by atoms with Gasteiger partial charge in [-0.1, -0.05) is 6.07 Å². The van der Waals surface area contributed by atoms with E-state index in [1.165, 1.54) is 10.6 Å². The highest BCUT2D eigenvalue weighted by Gasteiger charge is 2.05. The maximum absolute atomic E-state index is 11.9. The molecule has 1 aromatic carbocycles. The molecule has 0 saturated heterocycles. The summed E-state index contributed by atoms with van der Waals surface area (Å²) in [4.78, 5) is 11.9. The van der Waals surface area contributed by atoms with Gasteiger partial charge in [-0.15, -0.1) is 0 Å². The Morgan fingerprint density at radius 3 is 2.84 bits per heavy atom. The van der Waals surface area contributed by atoms with Crippen molar-refractivity contribution in [3.8, 4) is 11.8 Å². The third-order valence-corrected chi connectivity index (χ3v) is 3.33. The summed E-state index contributed by atoms with van der Waals surface area (Å²) in [7, 11) is 1.60. The number of methoxy groups -OCH3 is 1. The molecule has 1 aromatic heterocycles. The van der Waals surface area contributed by atoms with Gasteiger partial charge in [0.25, 0.3) is 5.56 Å². The number of rotatable bonds is 3. The van der Waals surface area contributed by atoms with E-state index in [0.29, 0.717) is 6.54 Å². The van der Waals surface area contributed by atoms with Gasteiger partial charge in [-0.2, -0.15) is 5.26 Å². The average Bonchev–Trinajstić information content (AvgIpc) is 2.41. The minimum absolute atomic E-state index is 0.148. The fraction of sp³-hybridized carbons (Fsp3) is 0.143. The number of hydrogen-bond acceptors (Lipinski definition) is 3. The van der Waals surface area contributed by atoms with Crippen LogP contribution in [-0.4, -0.2) is 11.7 Å². The Hall–Kier alpha value is -2.06. The number of pyridine rings is 1. The van der Waals surface area contributed by atoms with Crippen molar-refractivity contribution in [2.24, 2.45) is 0 Å². The van der Waals surface area contributed by atoms with Crippen LogP contribution in [0.2, 0.25) is 0 Å². The van der Waals surface area contributed by atoms with E-state index in [0.717, 1.165) is 15.8 Å². The predicted molar refractivity (Wildman–Crippen MR) is 75.2 cm³/mol. The first kappa shape index (κ1) is 13.4. The quantitative estimate of drug-likeness (QED) is 0.873. The van der Waals surface area contributed by atoms with Crippen LogP contribution in [0.3, 0.4) is 0 Å². The summed E-state index contributed by atoms with van der Waals surface area (Å²) in [5, 5.41) is 8.83. The number of halogens is 1. The van der Waals surface area contributed by atoms with Crippen LogP contribution < -0.4 is 10.3 Å². The van der Waals surface area contributed by atoms with E-state index in [1.807, 2.05) is 24.3 Å². The molecule has 0 bridgehead atoms. The van der Waals surface area contributed by atoms with E-state index in [-0.39, 0.29) is 11.1 Å². The first-order chi connectivity index (χ1) is 9.15. The molecule has 0 amide bonds. The van der Waals surface area contributed by atoms with Gasteiger partial charge in [0, 0.05) is 6.20 Å². The van der Waals surface area contributed by atoms with Gasteiger partial charge in [0.2, 0.25) is 0 Å². The molecule has 4 nitrogen and oxygen atoms in total. The number of nitriles is 1. The van der Waals surface area contributed by atoms with Gasteiger partial charge in [0.1, 0.15) is 17.4 Å². The molecular weight excluding hydrogens is 308 g/mol. The summed E-state index contributed by atoms with van der Waals surface area (Å²) >= 11 is 3.40. The number of benzene rings is 1. The van der Waals surface area contributed by atoms with Crippen LogP contribution in [0.4, 0.5) is 0 Å². The second-order valence-corrected chi connectivity index (χ2v) is 4.79. The maximum Gasteiger partial charge on any atom is 0.268 e. The zero-order valence-electron chi connectivity index (χ0n) is 10.3. The molecule has 2 rings (SSSR count). The highest BCUT2D eigenvalue weighted by atomic mass is 79.9. The highest BCUT2D eigenvalue weighted by molar-refractivity contribution is 9.10. The smallest absolute Gasteiger partial charge is 0.268 e. The van der Waals surface area contributed by atoms with Crippen LogP contribution >= 0.6 is 15.9 Å². The van der Waals surface area contributed by atoms with Crippen LogP contribution in [0.15, 0.2) is 45.8 Å². The third-order valence-electron chi connectivity index (χ3n) is 2.71. The van der Waals surface area contributed by atoms with Crippen molar-refractivity contribution in [1.82, 2.24) is 4.57 Å². The summed E-state index contributed by atoms with van der Waals surface area (Å²) in [5.74, 6) is 0.738. The van der Waals surface area contributed by atoms with E-state index in [2.05, 4.69) is 15.9 Å². The van der Waals surface area contributed by atoms with Crippen molar-refractivity contribution >= 4 is 15.9 Å². The number of aromatic nitrogens is 1. The van der Waals surface area contributed by atoms with Crippen LogP contribution in [0.5, 0.6) is 5.75 Å². The Bertz CT molecular complexity index is 701. The Balaban J connectivity index is 2.35. The summed E-state index contributed by atoms with van der Waals surface area (Å²) in [6, 6.07) is 10.7. The molecular formula is C14H11BrN2O2. The van der Waals surface area contributed by atoms with E-state index < -0.39 is 0 Å². The van der Waals surface area contributed by atoms with Crippen LogP contribution in [-0.2, 0) is 6.54 Å². The topological polar surface area (TPSA) is 55.0 Å². The normalized spacial score (nSPS) is 9.95. The Labute approximate surface area is 119 Å². The van der Waals surface area contributed by atoms with Gasteiger partial charge in [-0.25, -0.2) is 0 Å². The third kappa shape index (κ3) is 2.85. The van der Waals surface area contributed by atoms with Gasteiger partial charge >= 0.3 is 0 Å². The van der Waals surface area contributed by atoms with E-state index in [1.54, 1.807) is 19.4 Å². The molecule has 0 unspecified atom stereocenters. The molecule has 0 saturated carbocycles. The van der Waals surface area contributed by atoms with Crippen molar-refractivity contribution in [2.45, 2.75) is 6.54 Å². The molecule has 0 aliphatic heterocycles. The molecule has 0 atom stereocenters. The number of ether oxygens (including phenoxy) is 1. The fourth-order valence-corrected chi connectivity index (χ4v) is 2.34. The molecule has 0 fully saturated rings. The predicted octanol–water partition coefficient (Wildman–Crippen LogP) is 2.54. The molecule has 1 heterocycles. The SMILES string of the molecule is COc1ccc(Cn2cccc(C#N)c2=O)cc1Br. The largest absolute Gasteiger partial charge is 0.496 e. The lowest BCUT2D eigenvalue weighted by Gasteiger charge is -2.08. The lowest BCUT2D eigenvalue weighted by Crippen LogP contribution is -2.22. The summed E-state index contributed by atoms with van der Waals surface area (Å²) < 4.78 is 7.49. The van der Waals surface area contributed by atoms with E-state index >= 15 is 0 Å². The van der Waals surface area contributed by atoms with Gasteiger partial charge in [0.05, 0.1) is 18.1 Å². The fourth-order valence-electron chi connectivity index (χ4n) is 1.75. The van der Waals surface area contributed by atoms with Crippen molar-refractivity contribution in [3.05, 3.63) is 62.5 Å². The Kier molecular flexibility index (Phi) is 4.03. The summed E-state index contributed by atoms with van der Waals surface area (Å²) in [6.07, 6.45) is 1.67. The summed E-state index contributed by atoms with van der Waals surface area (Å²) in [6.45, 7) is 0.414. The second-order valence-electron chi connectivity index (χ2n) is 3.94. The highest BCUT2D eigenvalue weighted by Crippen LogP contribution is 2.25. The monoisotopic (exact) mass is 318 g/mol. The van der Waals surface area contributed by atoms with Gasteiger partial charge in [-0.05, 0) is 45.8 Å². The van der Waals surface area contributed by atoms with Crippen LogP contribution in [0.25, 0.3) is 0 Å². The van der Waals surface area contributed by atoms with Crippen molar-refractivity contribution in [2.75, 3.05) is 7.11 Å².